The maximum absolute atomic E-state index is 12.1. The number of hydrogen-bond acceptors (Lipinski definition) is 7. The van der Waals surface area contributed by atoms with Gasteiger partial charge in [-0.3, -0.25) is 0 Å². The summed E-state index contributed by atoms with van der Waals surface area (Å²) in [6.07, 6.45) is 1.16. The number of hydrogen-bond donors (Lipinski definition) is 1. The fourth-order valence-corrected chi connectivity index (χ4v) is 3.36. The monoisotopic (exact) mass is 458 g/mol. The third kappa shape index (κ3) is 8.77. The first kappa shape index (κ1) is 26.2. The molecule has 0 aliphatic carbocycles. The quantitative estimate of drug-likeness (QED) is 0.337. The predicted octanol–water partition coefficient (Wildman–Crippen LogP) is 4.89. The van der Waals surface area contributed by atoms with Crippen LogP contribution in [0.5, 0.6) is 5.75 Å². The van der Waals surface area contributed by atoms with Crippen molar-refractivity contribution in [3.05, 3.63) is 66.1 Å². The molecule has 2 atom stereocenters. The number of ether oxygens (including phenoxy) is 3. The third-order valence-electron chi connectivity index (χ3n) is 5.07. The molecule has 1 N–H and O–H groups in total. The zero-order valence-corrected chi connectivity index (χ0v) is 19.8. The van der Waals surface area contributed by atoms with Gasteiger partial charge in [-0.05, 0) is 54.0 Å². The van der Waals surface area contributed by atoms with E-state index in [-0.39, 0.29) is 31.3 Å². The van der Waals surface area contributed by atoms with E-state index in [0.717, 1.165) is 12.5 Å². The molecular weight excluding hydrogens is 424 g/mol. The van der Waals surface area contributed by atoms with Crippen molar-refractivity contribution >= 4 is 11.9 Å². The Morgan fingerprint density at radius 2 is 1.73 bits per heavy atom. The van der Waals surface area contributed by atoms with Crippen molar-refractivity contribution in [2.24, 2.45) is 11.8 Å². The van der Waals surface area contributed by atoms with Crippen molar-refractivity contribution in [1.29, 1.82) is 0 Å². The molecule has 1 heterocycles. The van der Waals surface area contributed by atoms with Crippen molar-refractivity contribution < 1.29 is 33.3 Å². The lowest BCUT2D eigenvalue weighted by atomic mass is 9.82. The van der Waals surface area contributed by atoms with Gasteiger partial charge in [-0.15, -0.1) is 0 Å². The molecule has 1 aromatic heterocycles. The van der Waals surface area contributed by atoms with Crippen molar-refractivity contribution in [3.63, 3.8) is 0 Å². The summed E-state index contributed by atoms with van der Waals surface area (Å²) in [6.45, 7) is 11.8. The van der Waals surface area contributed by atoms with E-state index in [1.165, 1.54) is 17.7 Å². The first-order valence-corrected chi connectivity index (χ1v) is 11.2. The molecule has 0 saturated heterocycles. The van der Waals surface area contributed by atoms with Gasteiger partial charge >= 0.3 is 11.9 Å². The average Bonchev–Trinajstić information content (AvgIpc) is 3.27. The summed E-state index contributed by atoms with van der Waals surface area (Å²) in [6, 6.07) is 10.8. The Hall–Kier alpha value is -3.06. The second kappa shape index (κ2) is 12.8. The minimum Gasteiger partial charge on any atom is -0.491 e. The number of esters is 2. The maximum atomic E-state index is 12.1. The zero-order chi connectivity index (χ0) is 24.4. The largest absolute Gasteiger partial charge is 0.491 e. The molecule has 0 aliphatic rings. The van der Waals surface area contributed by atoms with E-state index >= 15 is 0 Å². The van der Waals surface area contributed by atoms with Gasteiger partial charge in [0.1, 0.15) is 37.4 Å². The van der Waals surface area contributed by atoms with E-state index in [1.54, 1.807) is 0 Å². The van der Waals surface area contributed by atoms with Crippen molar-refractivity contribution in [1.82, 2.24) is 0 Å². The summed E-state index contributed by atoms with van der Waals surface area (Å²) in [4.78, 5) is 23.1. The van der Waals surface area contributed by atoms with Crippen LogP contribution in [-0.2, 0) is 20.9 Å². The molecule has 0 saturated carbocycles. The first-order valence-electron chi connectivity index (χ1n) is 11.2. The highest BCUT2D eigenvalue weighted by Crippen LogP contribution is 2.31. The normalized spacial score (nSPS) is 12.9. The lowest BCUT2D eigenvalue weighted by Gasteiger charge is -2.23. The van der Waals surface area contributed by atoms with E-state index in [0.29, 0.717) is 23.5 Å². The van der Waals surface area contributed by atoms with E-state index < -0.39 is 18.0 Å². The van der Waals surface area contributed by atoms with Gasteiger partial charge in [0.2, 0.25) is 5.76 Å². The summed E-state index contributed by atoms with van der Waals surface area (Å²) in [5.41, 5.74) is 1.28. The second-order valence-corrected chi connectivity index (χ2v) is 8.69. The highest BCUT2D eigenvalue weighted by molar-refractivity contribution is 5.86. The van der Waals surface area contributed by atoms with Gasteiger partial charge in [-0.25, -0.2) is 9.59 Å². The molecule has 2 rings (SSSR count). The van der Waals surface area contributed by atoms with E-state index in [9.17, 15) is 14.7 Å². The van der Waals surface area contributed by atoms with Gasteiger partial charge in [0, 0.05) is 6.08 Å². The van der Waals surface area contributed by atoms with Crippen LogP contribution in [0.4, 0.5) is 0 Å². The van der Waals surface area contributed by atoms with Crippen LogP contribution in [0.25, 0.3) is 0 Å². The van der Waals surface area contributed by atoms with Crippen LogP contribution in [0.1, 0.15) is 61.9 Å². The van der Waals surface area contributed by atoms with E-state index in [1.807, 2.05) is 12.1 Å². The predicted molar refractivity (Wildman–Crippen MR) is 124 cm³/mol. The first-order chi connectivity index (χ1) is 15.7. The minimum absolute atomic E-state index is 0.0207. The molecule has 7 heteroatoms. The number of rotatable bonds is 13. The molecule has 2 unspecified atom stereocenters. The van der Waals surface area contributed by atoms with E-state index in [2.05, 4.69) is 46.4 Å². The minimum atomic E-state index is -0.999. The van der Waals surface area contributed by atoms with Crippen molar-refractivity contribution in [2.45, 2.75) is 52.7 Å². The van der Waals surface area contributed by atoms with Gasteiger partial charge < -0.3 is 23.7 Å². The van der Waals surface area contributed by atoms with Crippen LogP contribution in [0.2, 0.25) is 0 Å². The van der Waals surface area contributed by atoms with Crippen LogP contribution in [0, 0.1) is 11.8 Å². The molecule has 0 fully saturated rings. The topological polar surface area (TPSA) is 95.2 Å². The molecule has 0 bridgehead atoms. The number of furan rings is 1. The van der Waals surface area contributed by atoms with Crippen LogP contribution < -0.4 is 4.74 Å². The number of carbonyl (C=O) groups excluding carboxylic acids is 2. The number of aliphatic hydroxyl groups is 1. The Morgan fingerprint density at radius 1 is 1.03 bits per heavy atom. The molecular formula is C26H34O7. The number of carbonyl (C=O) groups is 2. The molecule has 2 aromatic rings. The fraction of sp³-hybridized carbons (Fsp3) is 0.462. The Morgan fingerprint density at radius 3 is 2.33 bits per heavy atom. The Bertz CT molecular complexity index is 896. The standard InChI is InChI=1S/C26H34O7/c1-6-25(28)31-16-22-11-12-24(33-22)26(29)32-15-20(27)14-30-21-9-7-19(8-10-21)23(18(4)5)13-17(2)3/h6-12,17-18,20,23,27H,1,13-16H2,2-5H3. The molecule has 7 nitrogen and oxygen atoms in total. The van der Waals surface area contributed by atoms with Gasteiger partial charge in [0.25, 0.3) is 0 Å². The average molecular weight is 459 g/mol. The molecule has 0 aliphatic heterocycles. The molecule has 0 amide bonds. The summed E-state index contributed by atoms with van der Waals surface area (Å²) in [5.74, 6) is 1.20. The Labute approximate surface area is 195 Å². The molecule has 180 valence electrons. The van der Waals surface area contributed by atoms with Gasteiger partial charge in [0.15, 0.2) is 0 Å². The van der Waals surface area contributed by atoms with Crippen LogP contribution in [-0.4, -0.2) is 36.4 Å². The lowest BCUT2D eigenvalue weighted by Crippen LogP contribution is -2.25. The summed E-state index contributed by atoms with van der Waals surface area (Å²) < 4.78 is 20.8. The van der Waals surface area contributed by atoms with Crippen molar-refractivity contribution in [2.75, 3.05) is 13.2 Å². The highest BCUT2D eigenvalue weighted by atomic mass is 16.6. The fourth-order valence-electron chi connectivity index (χ4n) is 3.36. The molecule has 1 aromatic carbocycles. The smallest absolute Gasteiger partial charge is 0.374 e. The van der Waals surface area contributed by atoms with Gasteiger partial charge in [-0.2, -0.15) is 0 Å². The van der Waals surface area contributed by atoms with Crippen LogP contribution in [0.15, 0.2) is 53.5 Å². The van der Waals surface area contributed by atoms with Gasteiger partial charge in [0.05, 0.1) is 0 Å². The summed E-state index contributed by atoms with van der Waals surface area (Å²) in [7, 11) is 0. The number of benzene rings is 1. The Kier molecular flexibility index (Phi) is 10.2. The Balaban J connectivity index is 1.78. The number of aliphatic hydroxyl groups excluding tert-OH is 1. The molecule has 0 radical (unpaired) electrons. The SMILES string of the molecule is C=CC(=O)OCc1ccc(C(=O)OCC(O)COc2ccc(C(CC(C)C)C(C)C)cc2)o1. The summed E-state index contributed by atoms with van der Waals surface area (Å²) >= 11 is 0. The summed E-state index contributed by atoms with van der Waals surface area (Å²) in [5, 5.41) is 10.1. The molecule has 0 spiro atoms. The third-order valence-corrected chi connectivity index (χ3v) is 5.07. The molecule has 33 heavy (non-hydrogen) atoms. The van der Waals surface area contributed by atoms with Crippen LogP contribution >= 0.6 is 0 Å². The van der Waals surface area contributed by atoms with Crippen molar-refractivity contribution in [3.8, 4) is 5.75 Å². The lowest BCUT2D eigenvalue weighted by molar-refractivity contribution is -0.139. The van der Waals surface area contributed by atoms with Crippen LogP contribution in [0.3, 0.4) is 0 Å². The second-order valence-electron chi connectivity index (χ2n) is 8.69. The van der Waals surface area contributed by atoms with Gasteiger partial charge in [-0.1, -0.05) is 46.4 Å². The zero-order valence-electron chi connectivity index (χ0n) is 19.8. The maximum Gasteiger partial charge on any atom is 0.374 e. The van der Waals surface area contributed by atoms with E-state index in [4.69, 9.17) is 18.6 Å². The highest BCUT2D eigenvalue weighted by Gasteiger charge is 2.18.